The van der Waals surface area contributed by atoms with Crippen LogP contribution in [0.1, 0.15) is 12.8 Å². The maximum Gasteiger partial charge on any atom is 0.241 e. The Morgan fingerprint density at radius 2 is 2.43 bits per heavy atom. The van der Waals surface area contributed by atoms with Gasteiger partial charge in [-0.25, -0.2) is 0 Å². The second kappa shape index (κ2) is 3.79. The molecule has 1 amide bonds. The Balaban J connectivity index is 1.74. The van der Waals surface area contributed by atoms with Crippen LogP contribution in [0, 0.1) is 0 Å². The quantitative estimate of drug-likeness (QED) is 0.680. The molecule has 0 bridgehead atoms. The summed E-state index contributed by atoms with van der Waals surface area (Å²) < 4.78 is 1.61. The molecular formula is C9H14N4O. The van der Waals surface area contributed by atoms with Crippen LogP contribution in [0.25, 0.3) is 0 Å². The lowest BCUT2D eigenvalue weighted by molar-refractivity contribution is -0.123. The van der Waals surface area contributed by atoms with Crippen molar-refractivity contribution in [3.8, 4) is 0 Å². The zero-order chi connectivity index (χ0) is 9.97. The molecule has 76 valence electrons. The van der Waals surface area contributed by atoms with Crippen LogP contribution in [0.4, 0.5) is 0 Å². The molecule has 3 N–H and O–H groups in total. The molecule has 1 aliphatic rings. The molecule has 14 heavy (non-hydrogen) atoms. The molecule has 0 aliphatic heterocycles. The normalized spacial score (nSPS) is 25.5. The van der Waals surface area contributed by atoms with E-state index >= 15 is 0 Å². The number of nitrogens with two attached hydrogens (primary N) is 1. The number of hydrogen-bond acceptors (Lipinski definition) is 3. The number of nitrogens with zero attached hydrogens (tertiary/aromatic N) is 2. The second-order valence-corrected chi connectivity index (χ2v) is 3.70. The minimum Gasteiger partial charge on any atom is -0.352 e. The van der Waals surface area contributed by atoms with Gasteiger partial charge in [-0.3, -0.25) is 9.48 Å². The average Bonchev–Trinajstić information content (AvgIpc) is 2.54. The van der Waals surface area contributed by atoms with E-state index < -0.39 is 0 Å². The first-order chi connectivity index (χ1) is 6.74. The summed E-state index contributed by atoms with van der Waals surface area (Å²) in [5, 5.41) is 6.86. The SMILES string of the molecule is NC1CC(NC(=O)Cn2cccn2)C1. The lowest BCUT2D eigenvalue weighted by atomic mass is 9.88. The van der Waals surface area contributed by atoms with Gasteiger partial charge in [0.25, 0.3) is 0 Å². The summed E-state index contributed by atoms with van der Waals surface area (Å²) in [4.78, 5) is 11.4. The number of amides is 1. The number of carbonyl (C=O) groups is 1. The summed E-state index contributed by atoms with van der Waals surface area (Å²) in [6.07, 6.45) is 5.22. The van der Waals surface area contributed by atoms with E-state index in [1.165, 1.54) is 0 Å². The fourth-order valence-corrected chi connectivity index (χ4v) is 1.59. The predicted molar refractivity (Wildman–Crippen MR) is 51.4 cm³/mol. The van der Waals surface area contributed by atoms with Crippen LogP contribution >= 0.6 is 0 Å². The summed E-state index contributed by atoms with van der Waals surface area (Å²) >= 11 is 0. The third-order valence-electron chi connectivity index (χ3n) is 2.40. The third-order valence-corrected chi connectivity index (χ3v) is 2.40. The largest absolute Gasteiger partial charge is 0.352 e. The Labute approximate surface area is 82.3 Å². The monoisotopic (exact) mass is 194 g/mol. The van der Waals surface area contributed by atoms with Gasteiger partial charge in [0.05, 0.1) is 0 Å². The minimum atomic E-state index is 0.00519. The highest BCUT2D eigenvalue weighted by Crippen LogP contribution is 2.16. The highest BCUT2D eigenvalue weighted by Gasteiger charge is 2.26. The van der Waals surface area contributed by atoms with E-state index in [2.05, 4.69) is 10.4 Å². The molecular weight excluding hydrogens is 180 g/mol. The van der Waals surface area contributed by atoms with Crippen molar-refractivity contribution in [3.05, 3.63) is 18.5 Å². The number of nitrogens with one attached hydrogen (secondary N) is 1. The smallest absolute Gasteiger partial charge is 0.241 e. The van der Waals surface area contributed by atoms with Crippen molar-refractivity contribution < 1.29 is 4.79 Å². The van der Waals surface area contributed by atoms with Gasteiger partial charge < -0.3 is 11.1 Å². The van der Waals surface area contributed by atoms with Crippen molar-refractivity contribution in [2.75, 3.05) is 0 Å². The number of hydrogen-bond donors (Lipinski definition) is 2. The molecule has 0 unspecified atom stereocenters. The molecule has 0 spiro atoms. The van der Waals surface area contributed by atoms with Gasteiger partial charge in [0, 0.05) is 24.5 Å². The topological polar surface area (TPSA) is 72.9 Å². The van der Waals surface area contributed by atoms with E-state index in [1.807, 2.05) is 0 Å². The molecule has 1 heterocycles. The number of carbonyl (C=O) groups excluding carboxylic acids is 1. The fraction of sp³-hybridized carbons (Fsp3) is 0.556. The zero-order valence-electron chi connectivity index (χ0n) is 7.89. The van der Waals surface area contributed by atoms with Crippen molar-refractivity contribution >= 4 is 5.91 Å². The summed E-state index contributed by atoms with van der Waals surface area (Å²) in [5.74, 6) is 0.00519. The Morgan fingerprint density at radius 3 is 3.00 bits per heavy atom. The third kappa shape index (κ3) is 2.11. The Bertz CT molecular complexity index is 303. The Kier molecular flexibility index (Phi) is 2.49. The van der Waals surface area contributed by atoms with Gasteiger partial charge in [-0.15, -0.1) is 0 Å². The molecule has 5 nitrogen and oxygen atoms in total. The van der Waals surface area contributed by atoms with Gasteiger partial charge >= 0.3 is 0 Å². The Morgan fingerprint density at radius 1 is 1.64 bits per heavy atom. The summed E-state index contributed by atoms with van der Waals surface area (Å²) in [6, 6.07) is 2.34. The molecule has 0 saturated heterocycles. The first-order valence-corrected chi connectivity index (χ1v) is 4.76. The first-order valence-electron chi connectivity index (χ1n) is 4.76. The predicted octanol–water partition coefficient (Wildman–Crippen LogP) is -0.511. The fourth-order valence-electron chi connectivity index (χ4n) is 1.59. The molecule has 1 aliphatic carbocycles. The second-order valence-electron chi connectivity index (χ2n) is 3.70. The van der Waals surface area contributed by atoms with Gasteiger partial charge in [0.1, 0.15) is 6.54 Å². The van der Waals surface area contributed by atoms with E-state index in [0.29, 0.717) is 6.54 Å². The summed E-state index contributed by atoms with van der Waals surface area (Å²) in [5.41, 5.74) is 5.61. The van der Waals surface area contributed by atoms with Gasteiger partial charge in [-0.05, 0) is 18.9 Å². The van der Waals surface area contributed by atoms with E-state index in [0.717, 1.165) is 12.8 Å². The lowest BCUT2D eigenvalue weighted by Crippen LogP contribution is -2.51. The highest BCUT2D eigenvalue weighted by molar-refractivity contribution is 5.76. The van der Waals surface area contributed by atoms with E-state index in [1.54, 1.807) is 23.1 Å². The van der Waals surface area contributed by atoms with Crippen molar-refractivity contribution in [3.63, 3.8) is 0 Å². The standard InChI is InChI=1S/C9H14N4O/c10-7-4-8(5-7)12-9(14)6-13-3-1-2-11-13/h1-3,7-8H,4-6,10H2,(H,12,14). The summed E-state index contributed by atoms with van der Waals surface area (Å²) in [6.45, 7) is 0.290. The molecule has 0 aromatic carbocycles. The molecule has 1 aromatic heterocycles. The van der Waals surface area contributed by atoms with Crippen LogP contribution in [-0.4, -0.2) is 27.8 Å². The molecule has 1 fully saturated rings. The molecule has 1 aromatic rings. The lowest BCUT2D eigenvalue weighted by Gasteiger charge is -2.32. The van der Waals surface area contributed by atoms with Crippen LogP contribution in [0.3, 0.4) is 0 Å². The number of rotatable bonds is 3. The molecule has 5 heteroatoms. The average molecular weight is 194 g/mol. The first kappa shape index (κ1) is 9.21. The highest BCUT2D eigenvalue weighted by atomic mass is 16.2. The molecule has 1 saturated carbocycles. The zero-order valence-corrected chi connectivity index (χ0v) is 7.89. The molecule has 0 atom stereocenters. The van der Waals surface area contributed by atoms with Gasteiger partial charge in [-0.1, -0.05) is 0 Å². The van der Waals surface area contributed by atoms with Crippen LogP contribution in [0.15, 0.2) is 18.5 Å². The van der Waals surface area contributed by atoms with Crippen LogP contribution in [-0.2, 0) is 11.3 Å². The van der Waals surface area contributed by atoms with Gasteiger partial charge in [0.15, 0.2) is 0 Å². The van der Waals surface area contributed by atoms with Gasteiger partial charge in [-0.2, -0.15) is 5.10 Å². The van der Waals surface area contributed by atoms with Crippen molar-refractivity contribution in [1.82, 2.24) is 15.1 Å². The molecule has 0 radical (unpaired) electrons. The van der Waals surface area contributed by atoms with Crippen molar-refractivity contribution in [2.24, 2.45) is 5.73 Å². The van der Waals surface area contributed by atoms with Crippen LogP contribution < -0.4 is 11.1 Å². The number of aromatic nitrogens is 2. The van der Waals surface area contributed by atoms with E-state index in [9.17, 15) is 4.79 Å². The van der Waals surface area contributed by atoms with E-state index in [4.69, 9.17) is 5.73 Å². The van der Waals surface area contributed by atoms with Gasteiger partial charge in [0.2, 0.25) is 5.91 Å². The molecule has 2 rings (SSSR count). The van der Waals surface area contributed by atoms with Crippen LogP contribution in [0.5, 0.6) is 0 Å². The van der Waals surface area contributed by atoms with Crippen molar-refractivity contribution in [1.29, 1.82) is 0 Å². The Hall–Kier alpha value is -1.36. The van der Waals surface area contributed by atoms with E-state index in [-0.39, 0.29) is 18.0 Å². The summed E-state index contributed by atoms with van der Waals surface area (Å²) in [7, 11) is 0. The minimum absolute atomic E-state index is 0.00519. The van der Waals surface area contributed by atoms with Crippen LogP contribution in [0.2, 0.25) is 0 Å². The maximum atomic E-state index is 11.4. The van der Waals surface area contributed by atoms with Crippen molar-refractivity contribution in [2.45, 2.75) is 31.5 Å². The maximum absolute atomic E-state index is 11.4.